The zero-order chi connectivity index (χ0) is 22.9. The minimum absolute atomic E-state index is 0.0537. The van der Waals surface area contributed by atoms with Gasteiger partial charge in [0.15, 0.2) is 0 Å². The molecule has 0 aromatic rings. The molecule has 11 heteroatoms. The Balaban J connectivity index is 3.06. The molecule has 0 amide bonds. The van der Waals surface area contributed by atoms with E-state index in [0.29, 0.717) is 25.7 Å². The average molecular weight is 469 g/mol. The Morgan fingerprint density at radius 2 is 1.70 bits per heavy atom. The van der Waals surface area contributed by atoms with Gasteiger partial charge in [-0.25, -0.2) is 0 Å². The summed E-state index contributed by atoms with van der Waals surface area (Å²) >= 11 is 0. The fourth-order valence-corrected chi connectivity index (χ4v) is 4.78. The van der Waals surface area contributed by atoms with E-state index in [1.807, 2.05) is 12.2 Å². The molecule has 5 atom stereocenters. The summed E-state index contributed by atoms with van der Waals surface area (Å²) in [7, 11) is -7.57. The van der Waals surface area contributed by atoms with Gasteiger partial charge in [-0.1, -0.05) is 31.2 Å². The summed E-state index contributed by atoms with van der Waals surface area (Å²) in [4.78, 5) is 10.6. The number of hydrogen-bond acceptors (Lipinski definition) is 8. The first-order valence-corrected chi connectivity index (χ1v) is 13.5. The third-order valence-electron chi connectivity index (χ3n) is 4.77. The van der Waals surface area contributed by atoms with Gasteiger partial charge in [0.25, 0.3) is 20.2 Å². The Kier molecular flexibility index (Phi) is 10.7. The van der Waals surface area contributed by atoms with Gasteiger partial charge < -0.3 is 10.2 Å². The maximum absolute atomic E-state index is 11.7. The molecule has 1 saturated carbocycles. The predicted octanol–water partition coefficient (Wildman–Crippen LogP) is 1.84. The lowest BCUT2D eigenvalue weighted by Gasteiger charge is -2.23. The Hall–Kier alpha value is -1.27. The normalized spacial score (nSPS) is 26.5. The van der Waals surface area contributed by atoms with Crippen molar-refractivity contribution in [1.82, 2.24) is 0 Å². The number of aliphatic hydroxyl groups excluding tert-OH is 1. The van der Waals surface area contributed by atoms with Gasteiger partial charge in [0.2, 0.25) is 0 Å². The van der Waals surface area contributed by atoms with Crippen LogP contribution in [0.4, 0.5) is 0 Å². The molecular formula is C19H32O9S2. The quantitative estimate of drug-likeness (QED) is 0.235. The molecule has 0 unspecified atom stereocenters. The summed E-state index contributed by atoms with van der Waals surface area (Å²) in [6.45, 7) is 1.79. The van der Waals surface area contributed by atoms with Gasteiger partial charge in [0.1, 0.15) is 0 Å². The average Bonchev–Trinajstić information content (AvgIpc) is 2.88. The fraction of sp³-hybridized carbons (Fsp3) is 0.737. The van der Waals surface area contributed by atoms with Crippen LogP contribution in [0, 0.1) is 11.8 Å². The molecule has 0 aliphatic heterocycles. The number of carboxylic acids is 1. The highest BCUT2D eigenvalue weighted by atomic mass is 32.2. The number of carboxylic acid groups (broad SMARTS) is 1. The minimum atomic E-state index is -3.79. The van der Waals surface area contributed by atoms with Crippen LogP contribution < -0.4 is 0 Å². The van der Waals surface area contributed by atoms with Crippen molar-refractivity contribution in [2.75, 3.05) is 12.5 Å². The lowest BCUT2D eigenvalue weighted by molar-refractivity contribution is -0.137. The molecule has 1 aliphatic rings. The number of hydrogen-bond donors (Lipinski definition) is 2. The zero-order valence-electron chi connectivity index (χ0n) is 17.5. The molecule has 2 N–H and O–H groups in total. The van der Waals surface area contributed by atoms with E-state index in [1.54, 1.807) is 19.1 Å². The monoisotopic (exact) mass is 468 g/mol. The van der Waals surface area contributed by atoms with Gasteiger partial charge >= 0.3 is 5.97 Å². The summed E-state index contributed by atoms with van der Waals surface area (Å²) in [5.41, 5.74) is 0. The van der Waals surface area contributed by atoms with Crippen molar-refractivity contribution in [2.24, 2.45) is 11.8 Å². The first-order chi connectivity index (χ1) is 13.8. The van der Waals surface area contributed by atoms with Crippen LogP contribution in [0.1, 0.15) is 45.4 Å². The van der Waals surface area contributed by atoms with Crippen molar-refractivity contribution in [2.45, 2.75) is 63.8 Å². The molecule has 9 nitrogen and oxygen atoms in total. The second-order valence-electron chi connectivity index (χ2n) is 7.51. The molecule has 0 aromatic heterocycles. The Bertz CT molecular complexity index is 815. The molecule has 30 heavy (non-hydrogen) atoms. The molecule has 0 saturated heterocycles. The second-order valence-corrected chi connectivity index (χ2v) is 10.7. The molecule has 0 spiro atoms. The maximum Gasteiger partial charge on any atom is 0.303 e. The molecule has 174 valence electrons. The SMILES string of the molecule is CC[C@H](O)/C=C/[C@@H]1[C@@H](C/C=C\CCCC(=O)O)[C@H](OS(C)(=O)=O)C[C@@H]1OS(C)(=O)=O. The van der Waals surface area contributed by atoms with Crippen molar-refractivity contribution in [1.29, 1.82) is 0 Å². The molecule has 0 bridgehead atoms. The summed E-state index contributed by atoms with van der Waals surface area (Å²) < 4.78 is 57.2. The number of carbonyl (C=O) groups is 1. The third-order valence-corrected chi connectivity index (χ3v) is 5.97. The summed E-state index contributed by atoms with van der Waals surface area (Å²) in [5.74, 6) is -1.76. The van der Waals surface area contributed by atoms with E-state index >= 15 is 0 Å². The molecule has 0 radical (unpaired) electrons. The standard InChI is InChI=1S/C19H32O9S2/c1-4-14(20)11-12-16-15(9-7-5-6-8-10-19(21)22)17(27-29(2,23)24)13-18(16)28-30(3,25)26/h5,7,11-12,14-18,20H,4,6,8-10,13H2,1-3H3,(H,21,22)/b7-5-,12-11+/t14-,15+,16+,17+,18-/m0/s1. The van der Waals surface area contributed by atoms with E-state index in [4.69, 9.17) is 13.5 Å². The largest absolute Gasteiger partial charge is 0.481 e. The van der Waals surface area contributed by atoms with Crippen LogP contribution >= 0.6 is 0 Å². The minimum Gasteiger partial charge on any atom is -0.481 e. The number of allylic oxidation sites excluding steroid dienone is 2. The van der Waals surface area contributed by atoms with Gasteiger partial charge in [-0.2, -0.15) is 16.8 Å². The Labute approximate surface area is 179 Å². The van der Waals surface area contributed by atoms with Crippen molar-refractivity contribution in [3.8, 4) is 0 Å². The van der Waals surface area contributed by atoms with E-state index in [0.717, 1.165) is 12.5 Å². The van der Waals surface area contributed by atoms with Gasteiger partial charge in [-0.15, -0.1) is 0 Å². The van der Waals surface area contributed by atoms with Crippen molar-refractivity contribution in [3.05, 3.63) is 24.3 Å². The summed E-state index contributed by atoms with van der Waals surface area (Å²) in [6.07, 6.45) is 8.37. The maximum atomic E-state index is 11.7. The third kappa shape index (κ3) is 10.7. The second kappa shape index (κ2) is 11.9. The summed E-state index contributed by atoms with van der Waals surface area (Å²) in [5, 5.41) is 18.5. The van der Waals surface area contributed by atoms with E-state index < -0.39 is 56.4 Å². The first-order valence-electron chi connectivity index (χ1n) is 9.82. The van der Waals surface area contributed by atoms with Crippen LogP contribution in [-0.4, -0.2) is 63.8 Å². The highest BCUT2D eigenvalue weighted by molar-refractivity contribution is 7.86. The van der Waals surface area contributed by atoms with Gasteiger partial charge in [-0.05, 0) is 31.6 Å². The Morgan fingerprint density at radius 3 is 2.23 bits per heavy atom. The van der Waals surface area contributed by atoms with Gasteiger partial charge in [-0.3, -0.25) is 13.2 Å². The van der Waals surface area contributed by atoms with Gasteiger partial charge in [0.05, 0.1) is 30.8 Å². The number of rotatable bonds is 13. The number of aliphatic hydroxyl groups is 1. The number of aliphatic carboxylic acids is 1. The zero-order valence-corrected chi connectivity index (χ0v) is 19.1. The topological polar surface area (TPSA) is 144 Å². The van der Waals surface area contributed by atoms with Crippen LogP contribution in [0.5, 0.6) is 0 Å². The van der Waals surface area contributed by atoms with Crippen LogP contribution in [0.3, 0.4) is 0 Å². The highest BCUT2D eigenvalue weighted by Gasteiger charge is 2.45. The Morgan fingerprint density at radius 1 is 1.10 bits per heavy atom. The lowest BCUT2D eigenvalue weighted by Crippen LogP contribution is -2.25. The molecule has 0 aromatic carbocycles. The number of unbranched alkanes of at least 4 members (excludes halogenated alkanes) is 1. The van der Waals surface area contributed by atoms with Crippen LogP contribution in [0.15, 0.2) is 24.3 Å². The molecule has 1 aliphatic carbocycles. The molecule has 1 rings (SSSR count). The fourth-order valence-electron chi connectivity index (χ4n) is 3.46. The molecule has 0 heterocycles. The molecule has 1 fully saturated rings. The van der Waals surface area contributed by atoms with Gasteiger partial charge in [0, 0.05) is 18.8 Å². The van der Waals surface area contributed by atoms with Crippen LogP contribution in [0.2, 0.25) is 0 Å². The molecular weight excluding hydrogens is 436 g/mol. The van der Waals surface area contributed by atoms with Crippen LogP contribution in [0.25, 0.3) is 0 Å². The van der Waals surface area contributed by atoms with E-state index in [2.05, 4.69) is 0 Å². The highest BCUT2D eigenvalue weighted by Crippen LogP contribution is 2.41. The van der Waals surface area contributed by atoms with Crippen molar-refractivity contribution < 1.29 is 40.2 Å². The van der Waals surface area contributed by atoms with E-state index in [9.17, 15) is 26.7 Å². The van der Waals surface area contributed by atoms with Crippen molar-refractivity contribution >= 4 is 26.2 Å². The van der Waals surface area contributed by atoms with E-state index in [1.165, 1.54) is 0 Å². The van der Waals surface area contributed by atoms with E-state index in [-0.39, 0.29) is 12.8 Å². The summed E-state index contributed by atoms with van der Waals surface area (Å²) in [6, 6.07) is 0. The van der Waals surface area contributed by atoms with Crippen molar-refractivity contribution in [3.63, 3.8) is 0 Å². The first kappa shape index (κ1) is 26.8. The smallest absolute Gasteiger partial charge is 0.303 e. The lowest BCUT2D eigenvalue weighted by atomic mass is 9.89. The van der Waals surface area contributed by atoms with Crippen LogP contribution in [-0.2, 0) is 33.4 Å². The predicted molar refractivity (Wildman–Crippen MR) is 112 cm³/mol.